The van der Waals surface area contributed by atoms with E-state index in [1.807, 2.05) is 24.3 Å². The number of rotatable bonds is 5. The fourth-order valence-electron chi connectivity index (χ4n) is 1.53. The lowest BCUT2D eigenvalue weighted by atomic mass is 10.2. The number of nitrogens with zero attached hydrogens (tertiary/aromatic N) is 1. The summed E-state index contributed by atoms with van der Waals surface area (Å²) >= 11 is 0. The van der Waals surface area contributed by atoms with Crippen LogP contribution < -0.4 is 16.0 Å². The summed E-state index contributed by atoms with van der Waals surface area (Å²) in [6.45, 7) is 2.82. The molecule has 0 aliphatic heterocycles. The first-order valence-electron chi connectivity index (χ1n) is 6.11. The molecular weight excluding hydrogens is 214 g/mol. The van der Waals surface area contributed by atoms with Crippen LogP contribution in [0.2, 0.25) is 0 Å². The molecule has 1 aliphatic carbocycles. The Bertz CT molecular complexity index is 399. The molecule has 0 atom stereocenters. The Hall–Kier alpha value is -1.55. The largest absolute Gasteiger partial charge is 0.494 e. The van der Waals surface area contributed by atoms with Crippen molar-refractivity contribution in [1.82, 2.24) is 5.43 Å². The van der Waals surface area contributed by atoms with E-state index in [0.29, 0.717) is 6.04 Å². The van der Waals surface area contributed by atoms with E-state index in [1.165, 1.54) is 0 Å². The number of hydrazine groups is 1. The second-order valence-electron chi connectivity index (χ2n) is 4.23. The zero-order valence-electron chi connectivity index (χ0n) is 10.1. The van der Waals surface area contributed by atoms with E-state index in [-0.39, 0.29) is 0 Å². The average molecular weight is 233 g/mol. The van der Waals surface area contributed by atoms with Gasteiger partial charge in [-0.15, -0.1) is 0 Å². The Morgan fingerprint density at radius 2 is 2.35 bits per heavy atom. The molecule has 4 nitrogen and oxygen atoms in total. The Labute approximate surface area is 102 Å². The molecule has 1 saturated carbocycles. The lowest BCUT2D eigenvalue weighted by Crippen LogP contribution is -2.31. The van der Waals surface area contributed by atoms with E-state index in [4.69, 9.17) is 10.6 Å². The molecule has 92 valence electrons. The lowest BCUT2D eigenvalue weighted by molar-refractivity contribution is 0.317. The van der Waals surface area contributed by atoms with Crippen LogP contribution in [0, 0.1) is 0 Å². The van der Waals surface area contributed by atoms with Gasteiger partial charge in [-0.25, -0.2) is 5.84 Å². The van der Waals surface area contributed by atoms with Gasteiger partial charge in [0.25, 0.3) is 0 Å². The van der Waals surface area contributed by atoms with Gasteiger partial charge in [-0.3, -0.25) is 4.99 Å². The fourth-order valence-corrected chi connectivity index (χ4v) is 1.53. The van der Waals surface area contributed by atoms with Crippen LogP contribution in [-0.2, 0) is 0 Å². The van der Waals surface area contributed by atoms with Crippen molar-refractivity contribution in [1.29, 1.82) is 0 Å². The molecule has 0 heterocycles. The third kappa shape index (κ3) is 3.46. The molecule has 0 radical (unpaired) electrons. The zero-order valence-corrected chi connectivity index (χ0v) is 10.1. The Kier molecular flexibility index (Phi) is 3.98. The van der Waals surface area contributed by atoms with Gasteiger partial charge in [-0.1, -0.05) is 19.1 Å². The lowest BCUT2D eigenvalue weighted by Gasteiger charge is -2.09. The summed E-state index contributed by atoms with van der Waals surface area (Å²) in [6, 6.07) is 8.31. The summed E-state index contributed by atoms with van der Waals surface area (Å²) in [7, 11) is 0. The number of benzene rings is 1. The van der Waals surface area contributed by atoms with Crippen LogP contribution in [0.3, 0.4) is 0 Å². The van der Waals surface area contributed by atoms with Crippen molar-refractivity contribution in [2.75, 3.05) is 6.61 Å². The Balaban J connectivity index is 2.12. The number of nitrogens with two attached hydrogens (primary N) is 1. The summed E-state index contributed by atoms with van der Waals surface area (Å²) in [6.07, 6.45) is 3.33. The van der Waals surface area contributed by atoms with Crippen molar-refractivity contribution in [3.63, 3.8) is 0 Å². The summed E-state index contributed by atoms with van der Waals surface area (Å²) in [5, 5.41) is 0. The molecule has 1 aliphatic rings. The van der Waals surface area contributed by atoms with Crippen molar-refractivity contribution >= 4 is 5.84 Å². The first-order valence-corrected chi connectivity index (χ1v) is 6.11. The maximum atomic E-state index is 5.59. The molecule has 0 aromatic heterocycles. The monoisotopic (exact) mass is 233 g/mol. The van der Waals surface area contributed by atoms with Gasteiger partial charge in [0.15, 0.2) is 0 Å². The number of aliphatic imine (C=N–C) groups is 1. The van der Waals surface area contributed by atoms with Gasteiger partial charge in [-0.2, -0.15) is 0 Å². The van der Waals surface area contributed by atoms with E-state index >= 15 is 0 Å². The number of hydrogen-bond donors (Lipinski definition) is 2. The van der Waals surface area contributed by atoms with Crippen LogP contribution in [0.4, 0.5) is 0 Å². The molecule has 1 fully saturated rings. The predicted molar refractivity (Wildman–Crippen MR) is 69.1 cm³/mol. The van der Waals surface area contributed by atoms with Crippen molar-refractivity contribution in [2.45, 2.75) is 32.2 Å². The third-order valence-electron chi connectivity index (χ3n) is 2.58. The number of ether oxygens (including phenoxy) is 1. The molecule has 0 amide bonds. The first-order chi connectivity index (χ1) is 8.33. The summed E-state index contributed by atoms with van der Waals surface area (Å²) in [5.41, 5.74) is 3.65. The molecule has 4 heteroatoms. The normalized spacial score (nSPS) is 15.8. The fraction of sp³-hybridized carbons (Fsp3) is 0.462. The molecule has 0 spiro atoms. The predicted octanol–water partition coefficient (Wildman–Crippen LogP) is 1.85. The van der Waals surface area contributed by atoms with Crippen LogP contribution in [-0.4, -0.2) is 18.5 Å². The highest BCUT2D eigenvalue weighted by atomic mass is 16.5. The van der Waals surface area contributed by atoms with Gasteiger partial charge in [0, 0.05) is 5.56 Å². The smallest absolute Gasteiger partial charge is 0.142 e. The van der Waals surface area contributed by atoms with Crippen LogP contribution >= 0.6 is 0 Å². The van der Waals surface area contributed by atoms with E-state index in [9.17, 15) is 0 Å². The Morgan fingerprint density at radius 3 is 3.00 bits per heavy atom. The van der Waals surface area contributed by atoms with E-state index in [2.05, 4.69) is 17.3 Å². The quantitative estimate of drug-likeness (QED) is 0.353. The standard InChI is InChI=1S/C13H19N3O/c1-2-8-17-12-5-3-4-10(9-12)13(16-14)15-11-6-7-11/h3-5,9,11H,2,6-8,14H2,1H3,(H,15,16). The van der Waals surface area contributed by atoms with Gasteiger partial charge in [-0.05, 0) is 31.4 Å². The highest BCUT2D eigenvalue weighted by molar-refractivity contribution is 5.98. The van der Waals surface area contributed by atoms with Crippen molar-refractivity contribution in [3.8, 4) is 5.75 Å². The molecule has 0 unspecified atom stereocenters. The van der Waals surface area contributed by atoms with Gasteiger partial charge >= 0.3 is 0 Å². The van der Waals surface area contributed by atoms with Crippen molar-refractivity contribution in [3.05, 3.63) is 29.8 Å². The van der Waals surface area contributed by atoms with Crippen molar-refractivity contribution < 1.29 is 4.74 Å². The average Bonchev–Trinajstić information content (AvgIpc) is 3.18. The second kappa shape index (κ2) is 5.68. The van der Waals surface area contributed by atoms with Gasteiger partial charge in [0.05, 0.1) is 12.6 Å². The van der Waals surface area contributed by atoms with Gasteiger partial charge in [0.1, 0.15) is 11.6 Å². The third-order valence-corrected chi connectivity index (χ3v) is 2.58. The molecule has 3 N–H and O–H groups in total. The van der Waals surface area contributed by atoms with Crippen LogP contribution in [0.1, 0.15) is 31.7 Å². The molecular formula is C13H19N3O. The van der Waals surface area contributed by atoms with E-state index in [0.717, 1.165) is 43.0 Å². The maximum absolute atomic E-state index is 5.59. The first kappa shape index (κ1) is 11.9. The molecule has 1 aromatic rings. The zero-order chi connectivity index (χ0) is 12.1. The van der Waals surface area contributed by atoms with Crippen molar-refractivity contribution in [2.24, 2.45) is 10.8 Å². The Morgan fingerprint density at radius 1 is 1.53 bits per heavy atom. The summed E-state index contributed by atoms with van der Waals surface area (Å²) < 4.78 is 5.59. The number of nitrogens with one attached hydrogen (secondary N) is 1. The second-order valence-corrected chi connectivity index (χ2v) is 4.23. The minimum Gasteiger partial charge on any atom is -0.494 e. The molecule has 0 saturated heterocycles. The number of amidine groups is 1. The van der Waals surface area contributed by atoms with Crippen LogP contribution in [0.5, 0.6) is 5.75 Å². The van der Waals surface area contributed by atoms with Gasteiger partial charge < -0.3 is 10.2 Å². The minimum absolute atomic E-state index is 0.446. The molecule has 0 bridgehead atoms. The van der Waals surface area contributed by atoms with E-state index in [1.54, 1.807) is 0 Å². The van der Waals surface area contributed by atoms with Crippen LogP contribution in [0.25, 0.3) is 0 Å². The SMILES string of the molecule is CCCOc1cccc(C(=NC2CC2)NN)c1. The highest BCUT2D eigenvalue weighted by Gasteiger charge is 2.21. The minimum atomic E-state index is 0.446. The summed E-state index contributed by atoms with van der Waals surface area (Å²) in [4.78, 5) is 4.52. The molecule has 2 rings (SSSR count). The molecule has 1 aromatic carbocycles. The topological polar surface area (TPSA) is 59.6 Å². The van der Waals surface area contributed by atoms with Crippen LogP contribution in [0.15, 0.2) is 29.3 Å². The highest BCUT2D eigenvalue weighted by Crippen LogP contribution is 2.24. The van der Waals surface area contributed by atoms with Gasteiger partial charge in [0.2, 0.25) is 0 Å². The molecule has 17 heavy (non-hydrogen) atoms. The van der Waals surface area contributed by atoms with E-state index < -0.39 is 0 Å². The number of hydrogen-bond acceptors (Lipinski definition) is 3. The maximum Gasteiger partial charge on any atom is 0.142 e. The summed E-state index contributed by atoms with van der Waals surface area (Å²) in [5.74, 6) is 7.12.